The van der Waals surface area contributed by atoms with Crippen molar-refractivity contribution >= 4 is 17.5 Å². The van der Waals surface area contributed by atoms with Crippen molar-refractivity contribution in [1.82, 2.24) is 19.6 Å². The van der Waals surface area contributed by atoms with Crippen molar-refractivity contribution in [2.24, 2.45) is 0 Å². The molecule has 0 bridgehead atoms. The predicted molar refractivity (Wildman–Crippen MR) is 105 cm³/mol. The summed E-state index contributed by atoms with van der Waals surface area (Å²) in [6.07, 6.45) is 0. The highest BCUT2D eigenvalue weighted by atomic mass is 32.2. The summed E-state index contributed by atoms with van der Waals surface area (Å²) in [6, 6.07) is 17.5. The van der Waals surface area contributed by atoms with Gasteiger partial charge in [-0.05, 0) is 31.0 Å². The maximum absolute atomic E-state index is 12.4. The van der Waals surface area contributed by atoms with Gasteiger partial charge in [-0.3, -0.25) is 9.89 Å². The monoisotopic (exact) mass is 362 g/mol. The molecular formula is C20H18N4OS. The summed E-state index contributed by atoms with van der Waals surface area (Å²) in [7, 11) is 0. The molecule has 5 nitrogen and oxygen atoms in total. The van der Waals surface area contributed by atoms with Gasteiger partial charge in [-0.25, -0.2) is 4.98 Å². The van der Waals surface area contributed by atoms with E-state index in [4.69, 9.17) is 0 Å². The Kier molecular flexibility index (Phi) is 4.34. The Morgan fingerprint density at radius 3 is 2.65 bits per heavy atom. The molecule has 0 aliphatic carbocycles. The maximum atomic E-state index is 12.4. The lowest BCUT2D eigenvalue weighted by molar-refractivity contribution is 0.890. The fraction of sp³-hybridized carbons (Fsp3) is 0.150. The Bertz CT molecular complexity index is 1130. The molecule has 1 N–H and O–H groups in total. The van der Waals surface area contributed by atoms with Crippen molar-refractivity contribution < 1.29 is 0 Å². The van der Waals surface area contributed by atoms with Crippen molar-refractivity contribution in [3.05, 3.63) is 81.8 Å². The number of aromatic amines is 1. The highest BCUT2D eigenvalue weighted by Gasteiger charge is 2.10. The Morgan fingerprint density at radius 2 is 1.85 bits per heavy atom. The second-order valence-electron chi connectivity index (χ2n) is 6.15. The quantitative estimate of drug-likeness (QED) is 0.558. The Balaban J connectivity index is 1.65. The second kappa shape index (κ2) is 6.80. The SMILES string of the molecule is Cc1cccc(SCc2cc(=O)n3[nH]c(-c4ccccc4)nc3n2)c1C. The third-order valence-electron chi connectivity index (χ3n) is 4.36. The molecule has 4 aromatic rings. The summed E-state index contributed by atoms with van der Waals surface area (Å²) < 4.78 is 1.38. The largest absolute Gasteiger partial charge is 0.274 e. The number of nitrogens with zero attached hydrogens (tertiary/aromatic N) is 3. The van der Waals surface area contributed by atoms with Crippen LogP contribution in [0.3, 0.4) is 0 Å². The number of thioether (sulfide) groups is 1. The van der Waals surface area contributed by atoms with E-state index in [0.29, 0.717) is 17.4 Å². The van der Waals surface area contributed by atoms with E-state index in [1.54, 1.807) is 17.8 Å². The van der Waals surface area contributed by atoms with Crippen LogP contribution < -0.4 is 5.56 Å². The van der Waals surface area contributed by atoms with Crippen LogP contribution in [0.15, 0.2) is 64.3 Å². The number of fused-ring (bicyclic) bond motifs is 1. The third kappa shape index (κ3) is 3.15. The predicted octanol–water partition coefficient (Wildman–Crippen LogP) is 3.99. The first-order chi connectivity index (χ1) is 12.6. The molecule has 130 valence electrons. The number of hydrogen-bond acceptors (Lipinski definition) is 4. The summed E-state index contributed by atoms with van der Waals surface area (Å²) in [5.74, 6) is 1.66. The zero-order valence-electron chi connectivity index (χ0n) is 14.6. The molecule has 0 aliphatic heterocycles. The molecule has 0 saturated heterocycles. The zero-order chi connectivity index (χ0) is 18.1. The van der Waals surface area contributed by atoms with Crippen LogP contribution in [0.4, 0.5) is 0 Å². The van der Waals surface area contributed by atoms with Gasteiger partial charge in [-0.2, -0.15) is 9.50 Å². The molecule has 6 heteroatoms. The number of H-pyrrole nitrogens is 1. The van der Waals surface area contributed by atoms with Gasteiger partial charge in [0.1, 0.15) is 0 Å². The van der Waals surface area contributed by atoms with Crippen molar-refractivity contribution in [2.75, 3.05) is 0 Å². The van der Waals surface area contributed by atoms with Gasteiger partial charge in [-0.1, -0.05) is 42.5 Å². The van der Waals surface area contributed by atoms with Crippen molar-refractivity contribution in [2.45, 2.75) is 24.5 Å². The van der Waals surface area contributed by atoms with E-state index in [-0.39, 0.29) is 5.56 Å². The minimum atomic E-state index is -0.152. The number of aromatic nitrogens is 4. The Hall–Kier alpha value is -2.86. The smallest absolute Gasteiger partial charge is 0.271 e. The van der Waals surface area contributed by atoms with Gasteiger partial charge in [0.15, 0.2) is 5.82 Å². The van der Waals surface area contributed by atoms with Crippen LogP contribution in [-0.4, -0.2) is 19.6 Å². The molecular weight excluding hydrogens is 344 g/mol. The minimum Gasteiger partial charge on any atom is -0.271 e. The first-order valence-electron chi connectivity index (χ1n) is 8.35. The number of rotatable bonds is 4. The maximum Gasteiger partial charge on any atom is 0.274 e. The van der Waals surface area contributed by atoms with Crippen molar-refractivity contribution in [3.63, 3.8) is 0 Å². The van der Waals surface area contributed by atoms with E-state index >= 15 is 0 Å². The van der Waals surface area contributed by atoms with Gasteiger partial charge < -0.3 is 0 Å². The molecule has 0 saturated carbocycles. The van der Waals surface area contributed by atoms with Gasteiger partial charge in [0.25, 0.3) is 11.3 Å². The number of benzene rings is 2. The summed E-state index contributed by atoms with van der Waals surface area (Å²) in [4.78, 5) is 22.7. The van der Waals surface area contributed by atoms with Crippen LogP contribution in [0.25, 0.3) is 17.2 Å². The normalized spacial score (nSPS) is 11.2. The summed E-state index contributed by atoms with van der Waals surface area (Å²) >= 11 is 1.69. The van der Waals surface area contributed by atoms with Gasteiger partial charge in [0.05, 0.1) is 5.69 Å². The fourth-order valence-electron chi connectivity index (χ4n) is 2.76. The zero-order valence-corrected chi connectivity index (χ0v) is 15.4. The first-order valence-corrected chi connectivity index (χ1v) is 9.33. The average Bonchev–Trinajstić information content (AvgIpc) is 3.08. The van der Waals surface area contributed by atoms with E-state index in [2.05, 4.69) is 47.1 Å². The highest BCUT2D eigenvalue weighted by Crippen LogP contribution is 2.27. The highest BCUT2D eigenvalue weighted by molar-refractivity contribution is 7.98. The van der Waals surface area contributed by atoms with Crippen molar-refractivity contribution in [3.8, 4) is 11.4 Å². The molecule has 2 aromatic heterocycles. The topological polar surface area (TPSA) is 63.0 Å². The van der Waals surface area contributed by atoms with Crippen LogP contribution >= 0.6 is 11.8 Å². The van der Waals surface area contributed by atoms with Crippen LogP contribution in [0.1, 0.15) is 16.8 Å². The number of hydrogen-bond donors (Lipinski definition) is 1. The first kappa shape index (κ1) is 16.6. The van der Waals surface area contributed by atoms with Crippen LogP contribution in [-0.2, 0) is 5.75 Å². The lowest BCUT2D eigenvalue weighted by Gasteiger charge is -2.07. The van der Waals surface area contributed by atoms with E-state index in [0.717, 1.165) is 11.3 Å². The number of aryl methyl sites for hydroxylation is 1. The van der Waals surface area contributed by atoms with Gasteiger partial charge >= 0.3 is 0 Å². The summed E-state index contributed by atoms with van der Waals surface area (Å²) in [5.41, 5.74) is 4.02. The molecule has 2 heterocycles. The van der Waals surface area contributed by atoms with Gasteiger partial charge in [0, 0.05) is 22.3 Å². The molecule has 0 unspecified atom stereocenters. The molecule has 26 heavy (non-hydrogen) atoms. The summed E-state index contributed by atoms with van der Waals surface area (Å²) in [6.45, 7) is 4.22. The van der Waals surface area contributed by atoms with Crippen molar-refractivity contribution in [1.29, 1.82) is 0 Å². The van der Waals surface area contributed by atoms with Gasteiger partial charge in [-0.15, -0.1) is 11.8 Å². The van der Waals surface area contributed by atoms with E-state index < -0.39 is 0 Å². The van der Waals surface area contributed by atoms with Gasteiger partial charge in [0.2, 0.25) is 0 Å². The molecule has 0 fully saturated rings. The number of nitrogens with one attached hydrogen (secondary N) is 1. The van der Waals surface area contributed by atoms with E-state index in [9.17, 15) is 4.79 Å². The molecule has 0 radical (unpaired) electrons. The average molecular weight is 362 g/mol. The molecule has 4 rings (SSSR count). The molecule has 0 aliphatic rings. The molecule has 0 spiro atoms. The Labute approximate surface area is 155 Å². The minimum absolute atomic E-state index is 0.152. The molecule has 2 aromatic carbocycles. The lowest BCUT2D eigenvalue weighted by atomic mass is 10.1. The summed E-state index contributed by atoms with van der Waals surface area (Å²) in [5, 5.41) is 3.02. The molecule has 0 atom stereocenters. The Morgan fingerprint density at radius 1 is 1.04 bits per heavy atom. The third-order valence-corrected chi connectivity index (χ3v) is 5.55. The van der Waals surface area contributed by atoms with E-state index in [1.807, 2.05) is 30.3 Å². The van der Waals surface area contributed by atoms with E-state index in [1.165, 1.54) is 20.5 Å². The lowest BCUT2D eigenvalue weighted by Crippen LogP contribution is -2.15. The molecule has 0 amide bonds. The fourth-order valence-corrected chi connectivity index (χ4v) is 3.76. The van der Waals surface area contributed by atoms with Crippen LogP contribution in [0.2, 0.25) is 0 Å². The van der Waals surface area contributed by atoms with Crippen LogP contribution in [0, 0.1) is 13.8 Å². The second-order valence-corrected chi connectivity index (χ2v) is 7.16. The van der Waals surface area contributed by atoms with Crippen LogP contribution in [0.5, 0.6) is 0 Å². The standard InChI is InChI=1S/C20H18N4OS/c1-13-7-6-10-17(14(13)2)26-12-16-11-18(25)24-20(21-16)22-19(23-24)15-8-4-3-5-9-15/h3-11H,12H2,1-2H3,(H,21,22,23).